The third-order valence-corrected chi connectivity index (χ3v) is 11.0. The Morgan fingerprint density at radius 2 is 1.75 bits per heavy atom. The lowest BCUT2D eigenvalue weighted by molar-refractivity contribution is -0.0529. The fourth-order valence-corrected chi connectivity index (χ4v) is 8.45. The van der Waals surface area contributed by atoms with E-state index in [2.05, 4.69) is 72.9 Å². The van der Waals surface area contributed by atoms with E-state index in [1.807, 2.05) is 30.3 Å². The first-order valence-corrected chi connectivity index (χ1v) is 19.5. The molecule has 3 atom stereocenters. The highest BCUT2D eigenvalue weighted by atomic mass is 35.5. The summed E-state index contributed by atoms with van der Waals surface area (Å²) in [5.74, 6) is 1.84. The first kappa shape index (κ1) is 37.1. The number of carbonyl (C=O) groups is 1. The number of para-hydroxylation sites is 2. The molecule has 0 saturated carbocycles. The molecule has 13 nitrogen and oxygen atoms in total. The predicted octanol–water partition coefficient (Wildman–Crippen LogP) is 5.94. The number of hydrogen-bond acceptors (Lipinski definition) is 11. The third-order valence-electron chi connectivity index (χ3n) is 10.2. The van der Waals surface area contributed by atoms with Crippen molar-refractivity contribution >= 4 is 63.6 Å². The van der Waals surface area contributed by atoms with E-state index in [0.717, 1.165) is 70.0 Å². The largest absolute Gasteiger partial charge is 0.593 e. The molecule has 0 radical (unpaired) electrons. The maximum absolute atomic E-state index is 11.8. The van der Waals surface area contributed by atoms with Gasteiger partial charge in [-0.3, -0.25) is 4.90 Å². The fraction of sp³-hybridized carbons (Fsp3) is 0.528. The van der Waals surface area contributed by atoms with Crippen LogP contribution in [0.25, 0.3) is 0 Å². The van der Waals surface area contributed by atoms with Gasteiger partial charge in [-0.05, 0) is 42.5 Å². The fourth-order valence-electron chi connectivity index (χ4n) is 7.82. The van der Waals surface area contributed by atoms with Gasteiger partial charge < -0.3 is 39.7 Å². The van der Waals surface area contributed by atoms with Gasteiger partial charge in [-0.1, -0.05) is 44.5 Å². The second-order valence-electron chi connectivity index (χ2n) is 14.7. The maximum Gasteiger partial charge on any atom is 0.407 e. The molecule has 0 bridgehead atoms. The van der Waals surface area contributed by atoms with Gasteiger partial charge in [-0.2, -0.15) is 4.98 Å². The summed E-state index contributed by atoms with van der Waals surface area (Å²) in [5, 5.41) is 16.5. The van der Waals surface area contributed by atoms with Crippen molar-refractivity contribution < 1.29 is 19.2 Å². The minimum atomic E-state index is -1.24. The van der Waals surface area contributed by atoms with Crippen LogP contribution in [0.15, 0.2) is 48.7 Å². The summed E-state index contributed by atoms with van der Waals surface area (Å²) < 4.78 is 20.5. The lowest BCUT2D eigenvalue weighted by Gasteiger charge is -2.54. The van der Waals surface area contributed by atoms with E-state index < -0.39 is 17.5 Å². The number of nitrogens with one attached hydrogen (secondary N) is 3. The summed E-state index contributed by atoms with van der Waals surface area (Å²) in [6, 6.07) is 14.2. The van der Waals surface area contributed by atoms with E-state index in [-0.39, 0.29) is 11.5 Å². The van der Waals surface area contributed by atoms with Gasteiger partial charge in [0, 0.05) is 82.1 Å². The van der Waals surface area contributed by atoms with E-state index in [9.17, 15) is 14.5 Å². The van der Waals surface area contributed by atoms with Crippen LogP contribution in [-0.2, 0) is 11.4 Å². The Hall–Kier alpha value is -3.69. The minimum absolute atomic E-state index is 0.0592. The number of methoxy groups -OCH3 is 1. The van der Waals surface area contributed by atoms with Gasteiger partial charge in [0.15, 0.2) is 5.82 Å². The van der Waals surface area contributed by atoms with Crippen molar-refractivity contribution in [1.82, 2.24) is 24.7 Å². The first-order chi connectivity index (χ1) is 24.4. The second kappa shape index (κ2) is 15.9. The van der Waals surface area contributed by atoms with Crippen molar-refractivity contribution in [3.8, 4) is 5.75 Å². The van der Waals surface area contributed by atoms with Crippen molar-refractivity contribution in [3.63, 3.8) is 0 Å². The zero-order valence-electron chi connectivity index (χ0n) is 30.1. The number of carboxylic acid groups (broad SMARTS) is 1. The molecule has 3 aromatic rings. The smallest absolute Gasteiger partial charge is 0.407 e. The summed E-state index contributed by atoms with van der Waals surface area (Å²) in [5.41, 5.74) is 3.13. The summed E-state index contributed by atoms with van der Waals surface area (Å²) in [6.07, 6.45) is 4.51. The quantitative estimate of drug-likeness (QED) is 0.173. The van der Waals surface area contributed by atoms with Crippen LogP contribution in [0, 0.1) is 11.3 Å². The Labute approximate surface area is 309 Å². The number of ether oxygens (including phenoxy) is 1. The summed E-state index contributed by atoms with van der Waals surface area (Å²) in [4.78, 5) is 29.9. The average Bonchev–Trinajstić information content (AvgIpc) is 3.08. The minimum Gasteiger partial charge on any atom is -0.593 e. The molecule has 3 unspecified atom stereocenters. The van der Waals surface area contributed by atoms with Gasteiger partial charge in [0.05, 0.1) is 36.0 Å². The van der Waals surface area contributed by atoms with Crippen LogP contribution in [0.4, 0.5) is 39.3 Å². The molecule has 0 aliphatic carbocycles. The SMILES string of the molecule is COc1cc(N2CCC(N3CCN(CC4CN(C(=O)O)C4C(C)(C)C)CC3)CC2)ccc1Nc1ncc(Cl)c(Nc2ccccc2N[S+](C)[O-])n1. The number of hydrogen-bond donors (Lipinski definition) is 4. The molecule has 51 heavy (non-hydrogen) atoms. The van der Waals surface area contributed by atoms with Crippen LogP contribution < -0.4 is 25.0 Å². The van der Waals surface area contributed by atoms with Gasteiger partial charge in [0.25, 0.3) is 0 Å². The molecule has 4 N–H and O–H groups in total. The number of piperidine rings is 1. The molecule has 4 heterocycles. The molecule has 6 rings (SSSR count). The molecule has 2 aromatic carbocycles. The molecule has 1 aromatic heterocycles. The van der Waals surface area contributed by atoms with Crippen molar-refractivity contribution in [3.05, 3.63) is 53.7 Å². The number of anilines is 6. The van der Waals surface area contributed by atoms with Crippen LogP contribution >= 0.6 is 11.6 Å². The van der Waals surface area contributed by atoms with Crippen molar-refractivity contribution in [2.75, 3.05) is 86.0 Å². The van der Waals surface area contributed by atoms with Crippen LogP contribution in [0.1, 0.15) is 33.6 Å². The van der Waals surface area contributed by atoms with Crippen molar-refractivity contribution in [1.29, 1.82) is 0 Å². The van der Waals surface area contributed by atoms with Crippen LogP contribution in [0.3, 0.4) is 0 Å². The Morgan fingerprint density at radius 3 is 2.39 bits per heavy atom. The number of rotatable bonds is 11. The summed E-state index contributed by atoms with van der Waals surface area (Å²) >= 11 is 5.20. The predicted molar refractivity (Wildman–Crippen MR) is 205 cm³/mol. The van der Waals surface area contributed by atoms with Gasteiger partial charge in [-0.25, -0.2) is 14.5 Å². The summed E-state index contributed by atoms with van der Waals surface area (Å²) in [7, 11) is 1.66. The van der Waals surface area contributed by atoms with Gasteiger partial charge in [0.2, 0.25) is 5.95 Å². The number of piperazine rings is 1. The lowest BCUT2D eigenvalue weighted by Crippen LogP contribution is -2.66. The Bertz CT molecular complexity index is 1660. The Morgan fingerprint density at radius 1 is 1.04 bits per heavy atom. The molecule has 276 valence electrons. The number of aromatic nitrogens is 2. The van der Waals surface area contributed by atoms with Crippen molar-refractivity contribution in [2.24, 2.45) is 11.3 Å². The standard InChI is InChI=1S/C36H50ClN9O4S/c1-36(2,3)32-24(23-46(32)35(47)48)22-43-16-18-45(19-17-43)25-12-14-44(15-13-25)26-10-11-30(31(20-26)50-4)40-34-38-21-27(37)33(41-34)39-28-8-6-7-9-29(28)42-51(5)49/h6-11,20-21,24-25,32,42H,12-19,22-23H2,1-5H3,(H,47,48)(H2,38,39,40,41). The zero-order valence-corrected chi connectivity index (χ0v) is 31.6. The first-order valence-electron chi connectivity index (χ1n) is 17.5. The molecular weight excluding hydrogens is 690 g/mol. The van der Waals surface area contributed by atoms with E-state index in [1.54, 1.807) is 18.3 Å². The average molecular weight is 740 g/mol. The van der Waals surface area contributed by atoms with E-state index in [4.69, 9.17) is 16.3 Å². The number of amides is 1. The number of likely N-dealkylation sites (tertiary alicyclic amines) is 1. The topological polar surface area (TPSA) is 144 Å². The molecule has 15 heteroatoms. The van der Waals surface area contributed by atoms with E-state index >= 15 is 0 Å². The highest BCUT2D eigenvalue weighted by Crippen LogP contribution is 2.39. The van der Waals surface area contributed by atoms with Gasteiger partial charge in [0.1, 0.15) is 22.7 Å². The van der Waals surface area contributed by atoms with Gasteiger partial charge in [-0.15, -0.1) is 0 Å². The lowest BCUT2D eigenvalue weighted by atomic mass is 9.72. The molecule has 1 amide bonds. The van der Waals surface area contributed by atoms with Crippen LogP contribution in [0.5, 0.6) is 5.75 Å². The highest BCUT2D eigenvalue weighted by Gasteiger charge is 2.48. The van der Waals surface area contributed by atoms with Crippen LogP contribution in [0.2, 0.25) is 5.02 Å². The molecule has 3 saturated heterocycles. The third kappa shape index (κ3) is 8.86. The maximum atomic E-state index is 11.8. The number of halogens is 1. The molecule has 3 fully saturated rings. The normalized spacial score (nSPS) is 21.2. The van der Waals surface area contributed by atoms with E-state index in [0.29, 0.717) is 52.4 Å². The molecule has 3 aliphatic rings. The van der Waals surface area contributed by atoms with Crippen LogP contribution in [-0.4, -0.2) is 118 Å². The van der Waals surface area contributed by atoms with Gasteiger partial charge >= 0.3 is 6.09 Å². The Kier molecular flexibility index (Phi) is 11.6. The monoisotopic (exact) mass is 739 g/mol. The molecule has 3 aliphatic heterocycles. The highest BCUT2D eigenvalue weighted by molar-refractivity contribution is 7.92. The number of benzene rings is 2. The Balaban J connectivity index is 1.01. The number of nitrogens with zero attached hydrogens (tertiary/aromatic N) is 6. The van der Waals surface area contributed by atoms with E-state index in [1.165, 1.54) is 6.20 Å². The summed E-state index contributed by atoms with van der Waals surface area (Å²) in [6.45, 7) is 14.2. The molecular formula is C36H50ClN9O4S. The zero-order chi connectivity index (χ0) is 36.3. The molecule has 0 spiro atoms. The van der Waals surface area contributed by atoms with Crippen molar-refractivity contribution in [2.45, 2.75) is 45.7 Å². The second-order valence-corrected chi connectivity index (χ2v) is 16.2.